The second-order valence-corrected chi connectivity index (χ2v) is 7.84. The molecule has 2 aromatic heterocycles. The number of hydrogen-bond acceptors (Lipinski definition) is 6. The van der Waals surface area contributed by atoms with Gasteiger partial charge in [-0.05, 0) is 44.2 Å². The van der Waals surface area contributed by atoms with Crippen LogP contribution in [0, 0.1) is 5.82 Å². The van der Waals surface area contributed by atoms with Crippen molar-refractivity contribution in [1.29, 1.82) is 0 Å². The number of hydrogen-bond donors (Lipinski definition) is 2. The van der Waals surface area contributed by atoms with Crippen LogP contribution in [-0.4, -0.2) is 45.4 Å². The van der Waals surface area contributed by atoms with Crippen molar-refractivity contribution in [3.8, 4) is 11.3 Å². The minimum Gasteiger partial charge on any atom is -0.354 e. The molecule has 1 saturated heterocycles. The fourth-order valence-corrected chi connectivity index (χ4v) is 4.09. The van der Waals surface area contributed by atoms with Crippen LogP contribution in [0.15, 0.2) is 24.5 Å². The molecule has 0 aromatic carbocycles. The minimum absolute atomic E-state index is 0.00901. The first-order valence-corrected chi connectivity index (χ1v) is 10.3. The average Bonchev–Trinajstić information content (AvgIpc) is 3.16. The van der Waals surface area contributed by atoms with Crippen molar-refractivity contribution in [3.05, 3.63) is 30.3 Å². The number of carbonyl (C=O) groups excluding carboxylic acids is 2. The third-order valence-corrected chi connectivity index (χ3v) is 5.58. The van der Waals surface area contributed by atoms with Crippen LogP contribution >= 0.6 is 0 Å². The molecule has 4 rings (SSSR count). The number of nitrogens with zero attached hydrogens (tertiary/aromatic N) is 4. The van der Waals surface area contributed by atoms with Gasteiger partial charge in [0.2, 0.25) is 17.8 Å². The first-order chi connectivity index (χ1) is 14.5. The number of aromatic nitrogens is 3. The summed E-state index contributed by atoms with van der Waals surface area (Å²) < 4.78 is 14.5. The van der Waals surface area contributed by atoms with Gasteiger partial charge in [-0.2, -0.15) is 0 Å². The molecule has 8 nitrogen and oxygen atoms in total. The van der Waals surface area contributed by atoms with Crippen LogP contribution in [0.4, 0.5) is 16.2 Å². The summed E-state index contributed by atoms with van der Waals surface area (Å²) >= 11 is 0. The maximum atomic E-state index is 14.5. The third kappa shape index (κ3) is 4.55. The Balaban J connectivity index is 1.48. The summed E-state index contributed by atoms with van der Waals surface area (Å²) in [7, 11) is 0. The van der Waals surface area contributed by atoms with E-state index in [2.05, 4.69) is 25.6 Å². The van der Waals surface area contributed by atoms with Crippen LogP contribution in [0.3, 0.4) is 0 Å². The van der Waals surface area contributed by atoms with Gasteiger partial charge in [-0.3, -0.25) is 14.5 Å². The van der Waals surface area contributed by atoms with Crippen LogP contribution in [-0.2, 0) is 9.59 Å². The lowest BCUT2D eigenvalue weighted by Gasteiger charge is -2.29. The number of halogens is 1. The highest BCUT2D eigenvalue weighted by Crippen LogP contribution is 2.27. The van der Waals surface area contributed by atoms with E-state index < -0.39 is 5.82 Å². The molecule has 0 atom stereocenters. The van der Waals surface area contributed by atoms with E-state index in [0.717, 1.165) is 38.3 Å². The zero-order valence-electron chi connectivity index (χ0n) is 16.9. The van der Waals surface area contributed by atoms with Gasteiger partial charge in [0, 0.05) is 43.7 Å². The van der Waals surface area contributed by atoms with Gasteiger partial charge in [0.1, 0.15) is 11.5 Å². The van der Waals surface area contributed by atoms with Crippen molar-refractivity contribution < 1.29 is 14.0 Å². The largest absolute Gasteiger partial charge is 0.354 e. The van der Waals surface area contributed by atoms with Crippen molar-refractivity contribution in [1.82, 2.24) is 20.3 Å². The van der Waals surface area contributed by atoms with E-state index in [1.807, 2.05) is 0 Å². The topological polar surface area (TPSA) is 100 Å². The standard InChI is InChI=1S/C21H25FN6O2/c1-13(29)25-15-4-6-16(7-5-15)26-21-24-12-17(22)20(27-21)14-8-9-23-18(11-14)28-10-2-3-19(28)30/h8-9,11-12,15-16H,2-7,10H2,1H3,(H,25,29)(H,24,26,27)/t15-,16-. The molecule has 0 bridgehead atoms. The van der Waals surface area contributed by atoms with Gasteiger partial charge < -0.3 is 10.6 Å². The molecule has 0 spiro atoms. The summed E-state index contributed by atoms with van der Waals surface area (Å²) in [5.41, 5.74) is 0.728. The Bertz CT molecular complexity index is 945. The Morgan fingerprint density at radius 2 is 1.97 bits per heavy atom. The van der Waals surface area contributed by atoms with E-state index in [9.17, 15) is 14.0 Å². The molecule has 2 aromatic rings. The highest BCUT2D eigenvalue weighted by Gasteiger charge is 2.24. The summed E-state index contributed by atoms with van der Waals surface area (Å²) in [6.07, 6.45) is 7.53. The fraction of sp³-hybridized carbons (Fsp3) is 0.476. The van der Waals surface area contributed by atoms with E-state index >= 15 is 0 Å². The van der Waals surface area contributed by atoms with Gasteiger partial charge in [0.25, 0.3) is 0 Å². The summed E-state index contributed by atoms with van der Waals surface area (Å²) in [5, 5.41) is 6.24. The second kappa shape index (κ2) is 8.73. The Morgan fingerprint density at radius 3 is 2.67 bits per heavy atom. The van der Waals surface area contributed by atoms with Gasteiger partial charge in [0.15, 0.2) is 5.82 Å². The van der Waals surface area contributed by atoms with Gasteiger partial charge >= 0.3 is 0 Å². The molecule has 0 unspecified atom stereocenters. The molecular weight excluding hydrogens is 387 g/mol. The number of amides is 2. The Kier molecular flexibility index (Phi) is 5.87. The van der Waals surface area contributed by atoms with Crippen LogP contribution < -0.4 is 15.5 Å². The lowest BCUT2D eigenvalue weighted by Crippen LogP contribution is -2.39. The number of nitrogens with one attached hydrogen (secondary N) is 2. The molecule has 1 aliphatic carbocycles. The van der Waals surface area contributed by atoms with E-state index in [-0.39, 0.29) is 29.6 Å². The summed E-state index contributed by atoms with van der Waals surface area (Å²) in [6, 6.07) is 3.74. The Morgan fingerprint density at radius 1 is 1.20 bits per heavy atom. The van der Waals surface area contributed by atoms with Crippen molar-refractivity contribution in [2.45, 2.75) is 57.5 Å². The Labute approximate surface area is 174 Å². The third-order valence-electron chi connectivity index (χ3n) is 5.58. The number of pyridine rings is 1. The maximum absolute atomic E-state index is 14.5. The van der Waals surface area contributed by atoms with E-state index in [1.54, 1.807) is 23.2 Å². The molecule has 2 aliphatic rings. The summed E-state index contributed by atoms with van der Waals surface area (Å²) in [4.78, 5) is 37.6. The van der Waals surface area contributed by atoms with E-state index in [0.29, 0.717) is 30.3 Å². The first kappa shape index (κ1) is 20.2. The molecule has 2 fully saturated rings. The predicted molar refractivity (Wildman–Crippen MR) is 110 cm³/mol. The second-order valence-electron chi connectivity index (χ2n) is 7.84. The van der Waals surface area contributed by atoms with E-state index in [1.165, 1.54) is 6.92 Å². The quantitative estimate of drug-likeness (QED) is 0.783. The molecule has 0 radical (unpaired) electrons. The smallest absolute Gasteiger partial charge is 0.228 e. The molecule has 9 heteroatoms. The fourth-order valence-electron chi connectivity index (χ4n) is 4.09. The molecular formula is C21H25FN6O2. The summed E-state index contributed by atoms with van der Waals surface area (Å²) in [5.74, 6) is 0.369. The molecule has 2 amide bonds. The molecule has 1 aliphatic heterocycles. The van der Waals surface area contributed by atoms with Crippen LogP contribution in [0.5, 0.6) is 0 Å². The number of rotatable bonds is 5. The van der Waals surface area contributed by atoms with Crippen LogP contribution in [0.2, 0.25) is 0 Å². The molecule has 158 valence electrons. The molecule has 30 heavy (non-hydrogen) atoms. The van der Waals surface area contributed by atoms with Gasteiger partial charge in [0.05, 0.1) is 6.20 Å². The molecule has 2 N–H and O–H groups in total. The van der Waals surface area contributed by atoms with Crippen molar-refractivity contribution in [2.75, 3.05) is 16.8 Å². The van der Waals surface area contributed by atoms with E-state index in [4.69, 9.17) is 0 Å². The highest BCUT2D eigenvalue weighted by molar-refractivity contribution is 5.94. The van der Waals surface area contributed by atoms with Crippen LogP contribution in [0.25, 0.3) is 11.3 Å². The normalized spacial score (nSPS) is 21.5. The monoisotopic (exact) mass is 412 g/mol. The van der Waals surface area contributed by atoms with Crippen molar-refractivity contribution >= 4 is 23.6 Å². The molecule has 1 saturated carbocycles. The van der Waals surface area contributed by atoms with Gasteiger partial charge in [-0.15, -0.1) is 0 Å². The van der Waals surface area contributed by atoms with Crippen LogP contribution in [0.1, 0.15) is 45.4 Å². The zero-order chi connectivity index (χ0) is 21.1. The highest BCUT2D eigenvalue weighted by atomic mass is 19.1. The SMILES string of the molecule is CC(=O)N[C@H]1CC[C@H](Nc2ncc(F)c(-c3ccnc(N4CCCC4=O)c3)n2)CC1. The lowest BCUT2D eigenvalue weighted by molar-refractivity contribution is -0.120. The number of carbonyl (C=O) groups is 2. The van der Waals surface area contributed by atoms with Gasteiger partial charge in [-0.25, -0.2) is 19.3 Å². The average molecular weight is 412 g/mol. The lowest BCUT2D eigenvalue weighted by atomic mass is 9.91. The summed E-state index contributed by atoms with van der Waals surface area (Å²) in [6.45, 7) is 2.15. The van der Waals surface area contributed by atoms with Crippen molar-refractivity contribution in [3.63, 3.8) is 0 Å². The minimum atomic E-state index is -0.528. The first-order valence-electron chi connectivity index (χ1n) is 10.3. The van der Waals surface area contributed by atoms with Crippen molar-refractivity contribution in [2.24, 2.45) is 0 Å². The maximum Gasteiger partial charge on any atom is 0.228 e. The van der Waals surface area contributed by atoms with Gasteiger partial charge in [-0.1, -0.05) is 0 Å². The zero-order valence-corrected chi connectivity index (χ0v) is 16.9. The number of anilines is 2. The predicted octanol–water partition coefficient (Wildman–Crippen LogP) is 2.66. The Hall–Kier alpha value is -3.10. The molecule has 3 heterocycles.